The van der Waals surface area contributed by atoms with Crippen molar-refractivity contribution in [1.82, 2.24) is 0 Å². The molecular weight excluding hydrogens is 252 g/mol. The number of nitrogens with zero attached hydrogens (tertiary/aromatic N) is 2. The maximum Gasteiger partial charge on any atom is 0.271 e. The van der Waals surface area contributed by atoms with Gasteiger partial charge in [0.1, 0.15) is 11.7 Å². The van der Waals surface area contributed by atoms with Crippen LogP contribution in [0.1, 0.15) is 6.92 Å². The smallest absolute Gasteiger partial charge is 0.271 e. The van der Waals surface area contributed by atoms with Gasteiger partial charge in [0.15, 0.2) is 0 Å². The predicted octanol–water partition coefficient (Wildman–Crippen LogP) is 1.84. The summed E-state index contributed by atoms with van der Waals surface area (Å²) in [6.45, 7) is 1.43. The van der Waals surface area contributed by atoms with Crippen molar-refractivity contribution in [2.75, 3.05) is 13.4 Å². The van der Waals surface area contributed by atoms with Gasteiger partial charge in [-0.3, -0.25) is 4.79 Å². The first kappa shape index (κ1) is 14.2. The largest absolute Gasteiger partial charge is 0.497 e. The molecule has 2 atom stereocenters. The van der Waals surface area contributed by atoms with E-state index < -0.39 is 21.6 Å². The second-order valence-electron chi connectivity index (χ2n) is 3.76. The van der Waals surface area contributed by atoms with E-state index in [4.69, 9.17) is 10.00 Å². The van der Waals surface area contributed by atoms with Crippen LogP contribution in [-0.2, 0) is 14.5 Å². The SMILES string of the molecule is COc1ccc(S(C)(=O)=NC(=O)C(C)C#N)cc1. The molecule has 0 N–H and O–H groups in total. The van der Waals surface area contributed by atoms with Gasteiger partial charge < -0.3 is 4.74 Å². The fraction of sp³-hybridized carbons (Fsp3) is 0.333. The summed E-state index contributed by atoms with van der Waals surface area (Å²) in [5, 5.41) is 8.60. The summed E-state index contributed by atoms with van der Waals surface area (Å²) in [7, 11) is -1.29. The predicted molar refractivity (Wildman–Crippen MR) is 67.5 cm³/mol. The van der Waals surface area contributed by atoms with E-state index in [9.17, 15) is 9.00 Å². The summed E-state index contributed by atoms with van der Waals surface area (Å²) >= 11 is 0. The number of benzene rings is 1. The topological polar surface area (TPSA) is 79.5 Å². The molecule has 96 valence electrons. The highest BCUT2D eigenvalue weighted by molar-refractivity contribution is 7.93. The van der Waals surface area contributed by atoms with E-state index in [0.717, 1.165) is 0 Å². The first-order chi connectivity index (χ1) is 8.40. The molecule has 1 amide bonds. The summed E-state index contributed by atoms with van der Waals surface area (Å²) in [5.74, 6) is -0.921. The number of hydrogen-bond donors (Lipinski definition) is 0. The van der Waals surface area contributed by atoms with E-state index in [1.807, 2.05) is 0 Å². The molecule has 0 saturated carbocycles. The highest BCUT2D eigenvalue weighted by Gasteiger charge is 2.15. The van der Waals surface area contributed by atoms with Crippen LogP contribution in [0.2, 0.25) is 0 Å². The molecule has 0 heterocycles. The Morgan fingerprint density at radius 3 is 2.44 bits per heavy atom. The van der Waals surface area contributed by atoms with Crippen LogP contribution in [0.4, 0.5) is 0 Å². The average molecular weight is 266 g/mol. The van der Waals surface area contributed by atoms with Crippen LogP contribution in [0, 0.1) is 17.2 Å². The lowest BCUT2D eigenvalue weighted by molar-refractivity contribution is -0.119. The molecule has 1 rings (SSSR count). The molecule has 6 heteroatoms. The summed E-state index contributed by atoms with van der Waals surface area (Å²) in [5.41, 5.74) is 0. The van der Waals surface area contributed by atoms with Crippen molar-refractivity contribution in [1.29, 1.82) is 5.26 Å². The van der Waals surface area contributed by atoms with Crippen LogP contribution in [0.15, 0.2) is 33.5 Å². The molecule has 0 aliphatic carbocycles. The second kappa shape index (κ2) is 5.65. The van der Waals surface area contributed by atoms with Gasteiger partial charge in [-0.05, 0) is 31.2 Å². The zero-order chi connectivity index (χ0) is 13.8. The molecule has 0 spiro atoms. The van der Waals surface area contributed by atoms with Crippen molar-refractivity contribution in [2.24, 2.45) is 10.3 Å². The minimum absolute atomic E-state index is 0.432. The monoisotopic (exact) mass is 266 g/mol. The van der Waals surface area contributed by atoms with E-state index in [-0.39, 0.29) is 0 Å². The molecule has 2 unspecified atom stereocenters. The number of nitriles is 1. The van der Waals surface area contributed by atoms with Crippen molar-refractivity contribution in [2.45, 2.75) is 11.8 Å². The van der Waals surface area contributed by atoms with Crippen molar-refractivity contribution in [3.05, 3.63) is 24.3 Å². The number of carbonyl (C=O) groups is 1. The number of methoxy groups -OCH3 is 1. The number of amides is 1. The lowest BCUT2D eigenvalue weighted by Gasteiger charge is -2.05. The first-order valence-corrected chi connectivity index (χ1v) is 7.12. The fourth-order valence-corrected chi connectivity index (χ4v) is 2.43. The van der Waals surface area contributed by atoms with Gasteiger partial charge in [0.25, 0.3) is 5.91 Å². The lowest BCUT2D eigenvalue weighted by Crippen LogP contribution is -2.09. The number of hydrogen-bond acceptors (Lipinski definition) is 4. The van der Waals surface area contributed by atoms with Gasteiger partial charge in [0.05, 0.1) is 22.9 Å². The van der Waals surface area contributed by atoms with Gasteiger partial charge in [-0.25, -0.2) is 4.21 Å². The molecule has 0 aliphatic rings. The zero-order valence-corrected chi connectivity index (χ0v) is 11.2. The van der Waals surface area contributed by atoms with Crippen LogP contribution < -0.4 is 4.74 Å². The maximum atomic E-state index is 12.3. The number of ether oxygens (including phenoxy) is 1. The Morgan fingerprint density at radius 1 is 1.44 bits per heavy atom. The lowest BCUT2D eigenvalue weighted by atomic mass is 10.2. The van der Waals surface area contributed by atoms with E-state index >= 15 is 0 Å². The van der Waals surface area contributed by atoms with Crippen LogP contribution in [0.25, 0.3) is 0 Å². The summed E-state index contributed by atoms with van der Waals surface area (Å²) in [4.78, 5) is 11.9. The number of rotatable bonds is 3. The Hall–Kier alpha value is -1.87. The molecule has 0 bridgehead atoms. The molecule has 5 nitrogen and oxygen atoms in total. The third kappa shape index (κ3) is 3.31. The summed E-state index contributed by atoms with van der Waals surface area (Å²) in [6, 6.07) is 8.24. The highest BCUT2D eigenvalue weighted by Crippen LogP contribution is 2.17. The van der Waals surface area contributed by atoms with E-state index in [1.54, 1.807) is 30.3 Å². The molecule has 0 fully saturated rings. The standard InChI is InChI=1S/C12H14N2O3S/c1-9(8-13)12(15)14-18(3,16)11-6-4-10(17-2)5-7-11/h4-7,9H,1-3H3. The van der Waals surface area contributed by atoms with Crippen molar-refractivity contribution in [3.63, 3.8) is 0 Å². The van der Waals surface area contributed by atoms with Gasteiger partial charge in [-0.2, -0.15) is 9.62 Å². The van der Waals surface area contributed by atoms with Crippen LogP contribution in [0.5, 0.6) is 5.75 Å². The highest BCUT2D eigenvalue weighted by atomic mass is 32.2. The fourth-order valence-electron chi connectivity index (χ4n) is 1.19. The summed E-state index contributed by atoms with van der Waals surface area (Å²) < 4.78 is 20.9. The van der Waals surface area contributed by atoms with E-state index in [1.165, 1.54) is 20.3 Å². The molecule has 0 saturated heterocycles. The van der Waals surface area contributed by atoms with Gasteiger partial charge in [0.2, 0.25) is 0 Å². The Kier molecular flexibility index (Phi) is 4.45. The summed E-state index contributed by atoms with van der Waals surface area (Å²) in [6.07, 6.45) is 1.37. The zero-order valence-electron chi connectivity index (χ0n) is 10.4. The van der Waals surface area contributed by atoms with Gasteiger partial charge >= 0.3 is 0 Å². The molecule has 0 radical (unpaired) electrons. The number of carbonyl (C=O) groups excluding carboxylic acids is 1. The third-order valence-corrected chi connectivity index (χ3v) is 4.00. The van der Waals surface area contributed by atoms with Gasteiger partial charge in [-0.15, -0.1) is 0 Å². The minimum Gasteiger partial charge on any atom is -0.497 e. The van der Waals surface area contributed by atoms with E-state index in [0.29, 0.717) is 10.6 Å². The second-order valence-corrected chi connectivity index (χ2v) is 6.02. The minimum atomic E-state index is -2.82. The van der Waals surface area contributed by atoms with Crippen molar-refractivity contribution >= 4 is 15.6 Å². The Morgan fingerprint density at radius 2 is 2.00 bits per heavy atom. The van der Waals surface area contributed by atoms with Crippen LogP contribution in [0.3, 0.4) is 0 Å². The van der Waals surface area contributed by atoms with Crippen molar-refractivity contribution < 1.29 is 13.7 Å². The molecule has 18 heavy (non-hydrogen) atoms. The Bertz CT molecular complexity index is 593. The van der Waals surface area contributed by atoms with E-state index in [2.05, 4.69) is 4.36 Å². The maximum absolute atomic E-state index is 12.3. The quantitative estimate of drug-likeness (QED) is 0.836. The molecule has 0 aromatic heterocycles. The third-order valence-electron chi connectivity index (χ3n) is 2.33. The van der Waals surface area contributed by atoms with Gasteiger partial charge in [-0.1, -0.05) is 0 Å². The Balaban J connectivity index is 3.13. The van der Waals surface area contributed by atoms with Gasteiger partial charge in [0, 0.05) is 11.2 Å². The molecule has 1 aromatic carbocycles. The molecule has 1 aromatic rings. The first-order valence-electron chi connectivity index (χ1n) is 5.20. The molecule has 0 aliphatic heterocycles. The van der Waals surface area contributed by atoms with Crippen molar-refractivity contribution in [3.8, 4) is 11.8 Å². The van der Waals surface area contributed by atoms with Crippen LogP contribution in [-0.4, -0.2) is 23.5 Å². The Labute approximate surface area is 107 Å². The normalized spacial score (nSPS) is 15.0. The average Bonchev–Trinajstić information content (AvgIpc) is 2.37. The molecular formula is C12H14N2O3S. The van der Waals surface area contributed by atoms with Crippen LogP contribution >= 0.6 is 0 Å².